The number of rotatable bonds is 6. The number of ether oxygens (including phenoxy) is 1. The van der Waals surface area contributed by atoms with Crippen molar-refractivity contribution < 1.29 is 23.7 Å². The number of benzene rings is 1. The predicted molar refractivity (Wildman–Crippen MR) is 129 cm³/mol. The average molecular weight is 561 g/mol. The van der Waals surface area contributed by atoms with Gasteiger partial charge < -0.3 is 19.6 Å². The van der Waals surface area contributed by atoms with Crippen LogP contribution in [0.4, 0.5) is 0 Å². The van der Waals surface area contributed by atoms with E-state index in [-0.39, 0.29) is 10.9 Å². The zero-order chi connectivity index (χ0) is 23.2. The highest BCUT2D eigenvalue weighted by Crippen LogP contribution is 2.42. The maximum atomic E-state index is 13.4. The monoisotopic (exact) mass is 561 g/mol. The molecule has 0 radical (unpaired) electrons. The molecule has 0 spiro atoms. The van der Waals surface area contributed by atoms with Crippen LogP contribution in [-0.2, 0) is 9.22 Å². The number of hydrogen-bond donors (Lipinski definition) is 2. The minimum absolute atomic E-state index is 0.0187. The van der Waals surface area contributed by atoms with Crippen LogP contribution in [0.2, 0.25) is 18.1 Å². The molecule has 0 aliphatic carbocycles. The first kappa shape index (κ1) is 24.4. The Hall–Kier alpha value is -1.24. The lowest BCUT2D eigenvalue weighted by atomic mass is 9.86. The summed E-state index contributed by atoms with van der Waals surface area (Å²) in [7, 11) is -2.16. The van der Waals surface area contributed by atoms with Gasteiger partial charge in [-0.3, -0.25) is 4.79 Å². The number of nitrogens with one attached hydrogen (secondary N) is 1. The number of aliphatic hydroxyl groups excluding tert-OH is 1. The Balaban J connectivity index is 1.92. The van der Waals surface area contributed by atoms with Crippen molar-refractivity contribution in [1.29, 1.82) is 0 Å². The molecule has 31 heavy (non-hydrogen) atoms. The van der Waals surface area contributed by atoms with Gasteiger partial charge in [0.1, 0.15) is 34.6 Å². The second-order valence-corrected chi connectivity index (χ2v) is 16.0. The molecule has 1 aromatic heterocycles. The van der Waals surface area contributed by atoms with Gasteiger partial charge in [0.15, 0.2) is 8.32 Å². The number of nitrogens with zero attached hydrogens (tertiary/aromatic N) is 2. The maximum Gasteiger partial charge on any atom is 0.248 e. The van der Waals surface area contributed by atoms with Gasteiger partial charge in [-0.05, 0) is 54.8 Å². The topological polar surface area (TPSA) is 107 Å². The number of carbonyl (C=O) groups is 1. The highest BCUT2D eigenvalue weighted by Gasteiger charge is 2.46. The minimum atomic E-state index is -2.16. The number of fused-ring (bicyclic) bond motifs is 2. The lowest BCUT2D eigenvalue weighted by Gasteiger charge is -2.43. The molecule has 10 heteroatoms. The van der Waals surface area contributed by atoms with E-state index in [1.807, 2.05) is 0 Å². The summed E-state index contributed by atoms with van der Waals surface area (Å²) in [5, 5.41) is 21.8. The van der Waals surface area contributed by atoms with Crippen molar-refractivity contribution in [3.63, 3.8) is 0 Å². The van der Waals surface area contributed by atoms with Crippen LogP contribution >= 0.6 is 22.6 Å². The van der Waals surface area contributed by atoms with E-state index >= 15 is 0 Å². The molecule has 1 amide bonds. The Morgan fingerprint density at radius 1 is 1.32 bits per heavy atom. The highest BCUT2D eigenvalue weighted by atomic mass is 127. The second-order valence-electron chi connectivity index (χ2n) is 10.1. The SMILES string of the molecule is CC1(C)Oc2cc3nonc3cc2C(NC(=O)C(CCI)O[Si](C)(C)C(C)(C)C)C1O. The Kier molecular flexibility index (Phi) is 6.77. The van der Waals surface area contributed by atoms with Crippen LogP contribution in [0.5, 0.6) is 5.75 Å². The summed E-state index contributed by atoms with van der Waals surface area (Å²) in [5.41, 5.74) is 0.827. The fourth-order valence-corrected chi connectivity index (χ4v) is 5.21. The van der Waals surface area contributed by atoms with Crippen LogP contribution in [0.3, 0.4) is 0 Å². The summed E-state index contributed by atoms with van der Waals surface area (Å²) in [5.74, 6) is 0.312. The van der Waals surface area contributed by atoms with Crippen LogP contribution in [0.1, 0.15) is 52.6 Å². The van der Waals surface area contributed by atoms with Crippen LogP contribution < -0.4 is 10.1 Å². The molecule has 1 aliphatic heterocycles. The van der Waals surface area contributed by atoms with Gasteiger partial charge in [-0.25, -0.2) is 4.63 Å². The highest BCUT2D eigenvalue weighted by molar-refractivity contribution is 14.1. The third-order valence-electron chi connectivity index (χ3n) is 6.33. The zero-order valence-corrected chi connectivity index (χ0v) is 22.3. The van der Waals surface area contributed by atoms with Gasteiger partial charge in [-0.15, -0.1) is 0 Å². The maximum absolute atomic E-state index is 13.4. The van der Waals surface area contributed by atoms with Crippen molar-refractivity contribution in [2.75, 3.05) is 4.43 Å². The smallest absolute Gasteiger partial charge is 0.248 e. The van der Waals surface area contributed by atoms with E-state index in [0.717, 1.165) is 4.43 Å². The molecule has 172 valence electrons. The van der Waals surface area contributed by atoms with Gasteiger partial charge in [0.05, 0.1) is 6.04 Å². The number of halogens is 1. The fourth-order valence-electron chi connectivity index (χ4n) is 3.35. The van der Waals surface area contributed by atoms with Crippen LogP contribution in [0, 0.1) is 0 Å². The van der Waals surface area contributed by atoms with Crippen LogP contribution in [-0.4, -0.2) is 51.9 Å². The molecule has 2 aromatic rings. The number of hydrogen-bond acceptors (Lipinski definition) is 7. The summed E-state index contributed by atoms with van der Waals surface area (Å²) in [6, 6.07) is 2.79. The van der Waals surface area contributed by atoms with Crippen LogP contribution in [0.25, 0.3) is 11.0 Å². The molecule has 1 aliphatic rings. The van der Waals surface area contributed by atoms with E-state index < -0.39 is 32.2 Å². The summed E-state index contributed by atoms with van der Waals surface area (Å²) in [4.78, 5) is 13.4. The third-order valence-corrected chi connectivity index (χ3v) is 11.4. The molecule has 3 atom stereocenters. The number of carbonyl (C=O) groups excluding carboxylic acids is 1. The molecule has 2 N–H and O–H groups in total. The molecular weight excluding hydrogens is 529 g/mol. The van der Waals surface area contributed by atoms with Crippen molar-refractivity contribution in [1.82, 2.24) is 15.6 Å². The molecule has 3 unspecified atom stereocenters. The van der Waals surface area contributed by atoms with Crippen molar-refractivity contribution in [2.24, 2.45) is 0 Å². The Bertz CT molecular complexity index is 956. The predicted octanol–water partition coefficient (Wildman–Crippen LogP) is 4.13. The molecule has 1 aromatic carbocycles. The molecular formula is C21H32IN3O5Si. The van der Waals surface area contributed by atoms with Gasteiger partial charge in [0.25, 0.3) is 0 Å². The Labute approximate surface area is 197 Å². The Morgan fingerprint density at radius 3 is 2.52 bits per heavy atom. The van der Waals surface area contributed by atoms with E-state index in [1.165, 1.54) is 0 Å². The lowest BCUT2D eigenvalue weighted by Crippen LogP contribution is -2.56. The summed E-state index contributed by atoms with van der Waals surface area (Å²) >= 11 is 2.26. The van der Waals surface area contributed by atoms with E-state index in [2.05, 4.69) is 72.1 Å². The molecule has 0 fully saturated rings. The van der Waals surface area contributed by atoms with Gasteiger partial charge in [0, 0.05) is 16.1 Å². The average Bonchev–Trinajstić information content (AvgIpc) is 3.09. The van der Waals surface area contributed by atoms with E-state index in [4.69, 9.17) is 13.8 Å². The summed E-state index contributed by atoms with van der Waals surface area (Å²) in [6.45, 7) is 14.3. The van der Waals surface area contributed by atoms with Crippen LogP contribution in [0.15, 0.2) is 16.8 Å². The molecule has 0 bridgehead atoms. The van der Waals surface area contributed by atoms with Crippen molar-refractivity contribution in [3.8, 4) is 5.75 Å². The normalized spacial score (nSPS) is 22.0. The Morgan fingerprint density at radius 2 is 1.94 bits per heavy atom. The van der Waals surface area contributed by atoms with Crippen molar-refractivity contribution in [2.45, 2.75) is 83.0 Å². The standard InChI is InChI=1S/C21H32IN3O5Si/c1-20(2,3)31(6,7)29-15(8-9-22)19(27)23-17-12-10-13-14(25-30-24-13)11-16(12)28-21(4,5)18(17)26/h10-11,15,17-18,26H,8-9H2,1-7H3,(H,23,27). The number of aliphatic hydroxyl groups is 1. The number of alkyl halides is 1. The number of aromatic nitrogens is 2. The first-order chi connectivity index (χ1) is 14.3. The largest absolute Gasteiger partial charge is 0.485 e. The molecule has 0 saturated heterocycles. The third kappa shape index (κ3) is 4.91. The minimum Gasteiger partial charge on any atom is -0.485 e. The summed E-state index contributed by atoms with van der Waals surface area (Å²) in [6.07, 6.45) is -0.952. The summed E-state index contributed by atoms with van der Waals surface area (Å²) < 4.78 is 18.1. The van der Waals surface area contributed by atoms with Crippen molar-refractivity contribution >= 4 is 47.8 Å². The molecule has 2 heterocycles. The van der Waals surface area contributed by atoms with E-state index in [1.54, 1.807) is 26.0 Å². The number of amides is 1. The first-order valence-electron chi connectivity index (χ1n) is 10.4. The molecule has 0 saturated carbocycles. The van der Waals surface area contributed by atoms with E-state index in [0.29, 0.717) is 28.8 Å². The lowest BCUT2D eigenvalue weighted by molar-refractivity contribution is -0.133. The van der Waals surface area contributed by atoms with Gasteiger partial charge in [-0.1, -0.05) is 43.4 Å². The van der Waals surface area contributed by atoms with Crippen molar-refractivity contribution in [3.05, 3.63) is 17.7 Å². The fraction of sp³-hybridized carbons (Fsp3) is 0.667. The second kappa shape index (κ2) is 8.60. The quantitative estimate of drug-likeness (QED) is 0.310. The first-order valence-corrected chi connectivity index (χ1v) is 14.9. The molecule has 8 nitrogen and oxygen atoms in total. The van der Waals surface area contributed by atoms with Gasteiger partial charge in [0.2, 0.25) is 5.91 Å². The van der Waals surface area contributed by atoms with Gasteiger partial charge >= 0.3 is 0 Å². The molecule has 3 rings (SSSR count). The zero-order valence-electron chi connectivity index (χ0n) is 19.2. The van der Waals surface area contributed by atoms with Gasteiger partial charge in [-0.2, -0.15) is 0 Å². The van der Waals surface area contributed by atoms with E-state index in [9.17, 15) is 9.90 Å².